The fourth-order valence-electron chi connectivity index (χ4n) is 6.72. The van der Waals surface area contributed by atoms with Crippen LogP contribution in [0.2, 0.25) is 0 Å². The minimum atomic E-state index is -0.644. The number of Topliss-reactive ketones (excluding diaryl/α,β-unsaturated/α-hetero) is 2. The van der Waals surface area contributed by atoms with E-state index in [1.807, 2.05) is 60.7 Å². The van der Waals surface area contributed by atoms with Gasteiger partial charge in [-0.1, -0.05) is 120 Å². The van der Waals surface area contributed by atoms with E-state index >= 15 is 0 Å². The van der Waals surface area contributed by atoms with Crippen LogP contribution in [0.3, 0.4) is 0 Å². The van der Waals surface area contributed by atoms with Gasteiger partial charge in [0.15, 0.2) is 11.6 Å². The molecule has 0 N–H and O–H groups in total. The van der Waals surface area contributed by atoms with Gasteiger partial charge >= 0.3 is 5.97 Å². The lowest BCUT2D eigenvalue weighted by molar-refractivity contribution is -0.145. The maximum atomic E-state index is 13.2. The first kappa shape index (κ1) is 37.2. The summed E-state index contributed by atoms with van der Waals surface area (Å²) in [5, 5.41) is 0. The van der Waals surface area contributed by atoms with Crippen molar-refractivity contribution in [2.75, 3.05) is 43.1 Å². The SMILES string of the molecule is CCCCN(CCCC)c1ccc(C2C(=O)C(c3ccc(N(C)CCCCCCCCCCCOC(=O)C4C=CC=C4)cc3)C2=O)cc1. The van der Waals surface area contributed by atoms with Crippen LogP contribution in [0, 0.1) is 5.92 Å². The van der Waals surface area contributed by atoms with Gasteiger partial charge in [0, 0.05) is 38.1 Å². The van der Waals surface area contributed by atoms with Crippen LogP contribution in [-0.4, -0.2) is 50.8 Å². The summed E-state index contributed by atoms with van der Waals surface area (Å²) in [5.41, 5.74) is 3.91. The molecule has 0 saturated heterocycles. The van der Waals surface area contributed by atoms with Gasteiger partial charge in [-0.3, -0.25) is 14.4 Å². The topological polar surface area (TPSA) is 66.9 Å². The van der Waals surface area contributed by atoms with Crippen LogP contribution in [0.15, 0.2) is 72.8 Å². The highest BCUT2D eigenvalue weighted by Gasteiger charge is 2.50. The highest BCUT2D eigenvalue weighted by Crippen LogP contribution is 2.41. The number of hydrogen-bond donors (Lipinski definition) is 0. The van der Waals surface area contributed by atoms with E-state index in [-0.39, 0.29) is 23.5 Å². The minimum Gasteiger partial charge on any atom is -0.465 e. The molecule has 6 nitrogen and oxygen atoms in total. The summed E-state index contributed by atoms with van der Waals surface area (Å²) in [6.45, 7) is 8.00. The molecule has 1 fully saturated rings. The molecule has 260 valence electrons. The average Bonchev–Trinajstić information content (AvgIpc) is 3.65. The molecule has 0 spiro atoms. The standard InChI is InChI=1S/C42H58N2O4/c1-4-6-30-44(31-7-5-2)37-27-23-34(24-28-37)39-40(45)38(41(39)46)33-21-25-36(26-22-33)43(3)29-17-13-11-9-8-10-12-14-18-32-48-42(47)35-19-15-16-20-35/h15-16,19-28,35,38-39H,4-14,17-18,29-32H2,1-3H3. The second-order valence-corrected chi connectivity index (χ2v) is 13.6. The van der Waals surface area contributed by atoms with Gasteiger partial charge in [-0.2, -0.15) is 0 Å². The fraction of sp³-hybridized carbons (Fsp3) is 0.548. The molecule has 48 heavy (non-hydrogen) atoms. The third kappa shape index (κ3) is 10.7. The van der Waals surface area contributed by atoms with Crippen molar-refractivity contribution in [2.24, 2.45) is 5.92 Å². The molecule has 0 aromatic heterocycles. The number of nitrogens with zero attached hydrogens (tertiary/aromatic N) is 2. The Bertz CT molecular complexity index is 1310. The van der Waals surface area contributed by atoms with E-state index in [4.69, 9.17) is 4.74 Å². The van der Waals surface area contributed by atoms with Gasteiger partial charge in [-0.15, -0.1) is 0 Å². The number of ether oxygens (including phenoxy) is 1. The Morgan fingerprint density at radius 2 is 1.06 bits per heavy atom. The summed E-state index contributed by atoms with van der Waals surface area (Å²) in [6, 6.07) is 16.1. The first-order valence-electron chi connectivity index (χ1n) is 18.7. The van der Waals surface area contributed by atoms with E-state index in [1.165, 1.54) is 44.2 Å². The predicted octanol–water partition coefficient (Wildman–Crippen LogP) is 9.34. The molecule has 0 atom stereocenters. The Kier molecular flexibility index (Phi) is 15.5. The number of carbonyl (C=O) groups excluding carboxylic acids is 3. The van der Waals surface area contributed by atoms with E-state index in [0.29, 0.717) is 6.61 Å². The van der Waals surface area contributed by atoms with Crippen LogP contribution in [-0.2, 0) is 19.1 Å². The molecule has 2 aliphatic rings. The Labute approximate surface area is 289 Å². The number of hydrogen-bond acceptors (Lipinski definition) is 6. The van der Waals surface area contributed by atoms with E-state index in [2.05, 4.69) is 42.8 Å². The zero-order valence-electron chi connectivity index (χ0n) is 29.7. The number of anilines is 2. The third-order valence-corrected chi connectivity index (χ3v) is 9.86. The molecular weight excluding hydrogens is 596 g/mol. The van der Waals surface area contributed by atoms with E-state index in [1.54, 1.807) is 0 Å². The molecule has 0 unspecified atom stereocenters. The van der Waals surface area contributed by atoms with Crippen LogP contribution >= 0.6 is 0 Å². The predicted molar refractivity (Wildman–Crippen MR) is 198 cm³/mol. The summed E-state index contributed by atoms with van der Waals surface area (Å²) >= 11 is 0. The van der Waals surface area contributed by atoms with Crippen molar-refractivity contribution in [3.8, 4) is 0 Å². The van der Waals surface area contributed by atoms with Crippen LogP contribution in [0.5, 0.6) is 0 Å². The van der Waals surface area contributed by atoms with Gasteiger partial charge < -0.3 is 14.5 Å². The average molecular weight is 655 g/mol. The molecule has 2 aromatic carbocycles. The third-order valence-electron chi connectivity index (χ3n) is 9.86. The Hall–Kier alpha value is -3.67. The first-order chi connectivity index (χ1) is 23.4. The van der Waals surface area contributed by atoms with Crippen molar-refractivity contribution < 1.29 is 19.1 Å². The Balaban J connectivity index is 1.09. The number of carbonyl (C=O) groups is 3. The monoisotopic (exact) mass is 654 g/mol. The highest BCUT2D eigenvalue weighted by atomic mass is 16.5. The van der Waals surface area contributed by atoms with Crippen molar-refractivity contribution in [3.63, 3.8) is 0 Å². The summed E-state index contributed by atoms with van der Waals surface area (Å²) in [5.74, 6) is -1.58. The zero-order valence-corrected chi connectivity index (χ0v) is 29.7. The normalized spacial score (nSPS) is 17.1. The Morgan fingerprint density at radius 3 is 1.56 bits per heavy atom. The van der Waals surface area contributed by atoms with Crippen molar-refractivity contribution in [1.82, 2.24) is 0 Å². The molecule has 0 aliphatic heterocycles. The highest BCUT2D eigenvalue weighted by molar-refractivity contribution is 6.31. The summed E-state index contributed by atoms with van der Waals surface area (Å²) in [4.78, 5) is 43.0. The number of rotatable bonds is 23. The number of allylic oxidation sites excluding steroid dienone is 2. The van der Waals surface area contributed by atoms with Crippen molar-refractivity contribution in [2.45, 2.75) is 109 Å². The van der Waals surface area contributed by atoms with Gasteiger partial charge in [0.25, 0.3) is 0 Å². The first-order valence-corrected chi connectivity index (χ1v) is 18.7. The molecule has 0 radical (unpaired) electrons. The van der Waals surface area contributed by atoms with Crippen molar-refractivity contribution >= 4 is 28.9 Å². The molecule has 0 heterocycles. The lowest BCUT2D eigenvalue weighted by Crippen LogP contribution is -2.44. The van der Waals surface area contributed by atoms with Gasteiger partial charge in [-0.05, 0) is 61.1 Å². The lowest BCUT2D eigenvalue weighted by atomic mass is 9.66. The van der Waals surface area contributed by atoms with Gasteiger partial charge in [0.1, 0.15) is 11.8 Å². The van der Waals surface area contributed by atoms with Crippen LogP contribution < -0.4 is 9.80 Å². The molecule has 0 amide bonds. The van der Waals surface area contributed by atoms with E-state index in [9.17, 15) is 14.4 Å². The summed E-state index contributed by atoms with van der Waals surface area (Å²) < 4.78 is 5.35. The fourth-order valence-corrected chi connectivity index (χ4v) is 6.72. The van der Waals surface area contributed by atoms with Crippen LogP contribution in [0.25, 0.3) is 0 Å². The van der Waals surface area contributed by atoms with Gasteiger partial charge in [-0.25, -0.2) is 0 Å². The smallest absolute Gasteiger partial charge is 0.316 e. The lowest BCUT2D eigenvalue weighted by Gasteiger charge is -2.33. The van der Waals surface area contributed by atoms with E-state index in [0.717, 1.165) is 81.4 Å². The molecule has 2 aliphatic carbocycles. The Morgan fingerprint density at radius 1 is 0.604 bits per heavy atom. The molecular formula is C42H58N2O4. The van der Waals surface area contributed by atoms with Crippen LogP contribution in [0.1, 0.15) is 120 Å². The molecule has 0 bridgehead atoms. The molecule has 2 aromatic rings. The van der Waals surface area contributed by atoms with Crippen LogP contribution in [0.4, 0.5) is 11.4 Å². The van der Waals surface area contributed by atoms with Crippen molar-refractivity contribution in [3.05, 3.63) is 84.0 Å². The van der Waals surface area contributed by atoms with Gasteiger partial charge in [0.2, 0.25) is 0 Å². The maximum Gasteiger partial charge on any atom is 0.316 e. The summed E-state index contributed by atoms with van der Waals surface area (Å²) in [7, 11) is 2.11. The number of esters is 1. The second-order valence-electron chi connectivity index (χ2n) is 13.6. The number of ketones is 2. The number of benzene rings is 2. The molecule has 1 saturated carbocycles. The summed E-state index contributed by atoms with van der Waals surface area (Å²) in [6.07, 6.45) is 22.8. The molecule has 4 rings (SSSR count). The second kappa shape index (κ2) is 20.0. The van der Waals surface area contributed by atoms with Crippen molar-refractivity contribution in [1.29, 1.82) is 0 Å². The quantitative estimate of drug-likeness (QED) is 0.0676. The number of unbranched alkanes of at least 4 members (excludes halogenated alkanes) is 10. The van der Waals surface area contributed by atoms with Gasteiger partial charge in [0.05, 0.1) is 12.5 Å². The molecule has 6 heteroatoms. The maximum absolute atomic E-state index is 13.2. The zero-order chi connectivity index (χ0) is 34.1. The largest absolute Gasteiger partial charge is 0.465 e. The minimum absolute atomic E-state index is 0.0125. The van der Waals surface area contributed by atoms with E-state index < -0.39 is 11.8 Å².